The Morgan fingerprint density at radius 3 is 2.83 bits per heavy atom. The van der Waals surface area contributed by atoms with Gasteiger partial charge in [0.05, 0.1) is 11.3 Å². The number of amides is 1. The highest BCUT2D eigenvalue weighted by Crippen LogP contribution is 2.15. The zero-order valence-corrected chi connectivity index (χ0v) is 11.6. The normalized spacial score (nSPS) is 10.2. The van der Waals surface area contributed by atoms with Crippen LogP contribution in [0, 0.1) is 0 Å². The van der Waals surface area contributed by atoms with E-state index in [2.05, 4.69) is 24.1 Å². The maximum Gasteiger partial charge on any atom is 0.257 e. The van der Waals surface area contributed by atoms with Gasteiger partial charge in [-0.2, -0.15) is 0 Å². The van der Waals surface area contributed by atoms with Crippen molar-refractivity contribution in [3.05, 3.63) is 24.0 Å². The highest BCUT2D eigenvalue weighted by atomic mass is 16.2. The fourth-order valence-corrected chi connectivity index (χ4v) is 1.68. The summed E-state index contributed by atoms with van der Waals surface area (Å²) in [5.41, 5.74) is 1.53. The lowest BCUT2D eigenvalue weighted by atomic mass is 10.2. The Bertz CT molecular complexity index is 379. The second kappa shape index (κ2) is 7.69. The fourth-order valence-electron chi connectivity index (χ4n) is 1.68. The number of carbonyl (C=O) groups excluding carboxylic acids is 1. The van der Waals surface area contributed by atoms with Gasteiger partial charge < -0.3 is 10.2 Å². The van der Waals surface area contributed by atoms with E-state index in [0.29, 0.717) is 5.56 Å². The molecule has 0 saturated heterocycles. The first kappa shape index (κ1) is 14.5. The van der Waals surface area contributed by atoms with Gasteiger partial charge in [0.25, 0.3) is 5.91 Å². The zero-order chi connectivity index (χ0) is 13.4. The lowest BCUT2D eigenvalue weighted by Gasteiger charge is -2.18. The molecule has 0 spiro atoms. The van der Waals surface area contributed by atoms with Crippen LogP contribution < -0.4 is 5.32 Å². The molecule has 0 unspecified atom stereocenters. The summed E-state index contributed by atoms with van der Waals surface area (Å²) < 4.78 is 0. The molecule has 100 valence electrons. The predicted octanol–water partition coefficient (Wildman–Crippen LogP) is 2.78. The van der Waals surface area contributed by atoms with Crippen LogP contribution in [-0.4, -0.2) is 35.9 Å². The third-order valence-corrected chi connectivity index (χ3v) is 2.81. The topological polar surface area (TPSA) is 45.2 Å². The molecule has 0 aliphatic rings. The molecule has 18 heavy (non-hydrogen) atoms. The summed E-state index contributed by atoms with van der Waals surface area (Å²) in [6.07, 6.45) is 6.50. The van der Waals surface area contributed by atoms with Gasteiger partial charge in [0.15, 0.2) is 0 Å². The van der Waals surface area contributed by atoms with Crippen LogP contribution in [0.3, 0.4) is 0 Å². The van der Waals surface area contributed by atoms with E-state index in [0.717, 1.165) is 38.0 Å². The van der Waals surface area contributed by atoms with E-state index in [9.17, 15) is 4.79 Å². The minimum atomic E-state index is 0.0372. The first-order valence-corrected chi connectivity index (χ1v) is 6.64. The lowest BCUT2D eigenvalue weighted by Crippen LogP contribution is -2.28. The van der Waals surface area contributed by atoms with Crippen molar-refractivity contribution in [2.75, 3.05) is 25.5 Å². The minimum absolute atomic E-state index is 0.0372. The SMILES string of the molecule is CCCCN(C)C(=O)c1cnccc1NCCC. The Hall–Kier alpha value is -1.58. The molecule has 1 heterocycles. The largest absolute Gasteiger partial charge is 0.384 e. The summed E-state index contributed by atoms with van der Waals surface area (Å²) in [5, 5.41) is 3.27. The van der Waals surface area contributed by atoms with Gasteiger partial charge in [0.1, 0.15) is 0 Å². The van der Waals surface area contributed by atoms with Crippen LogP contribution >= 0.6 is 0 Å². The molecule has 4 nitrogen and oxygen atoms in total. The molecule has 4 heteroatoms. The van der Waals surface area contributed by atoms with Crippen LogP contribution in [0.5, 0.6) is 0 Å². The van der Waals surface area contributed by atoms with Crippen molar-refractivity contribution >= 4 is 11.6 Å². The third-order valence-electron chi connectivity index (χ3n) is 2.81. The average Bonchev–Trinajstić information content (AvgIpc) is 2.42. The van der Waals surface area contributed by atoms with Crippen LogP contribution in [-0.2, 0) is 0 Å². The van der Waals surface area contributed by atoms with E-state index in [-0.39, 0.29) is 5.91 Å². The molecular formula is C14H23N3O. The molecule has 0 aliphatic heterocycles. The zero-order valence-electron chi connectivity index (χ0n) is 11.6. The summed E-state index contributed by atoms with van der Waals surface area (Å²) in [6, 6.07) is 1.86. The smallest absolute Gasteiger partial charge is 0.257 e. The number of aromatic nitrogens is 1. The molecule has 0 radical (unpaired) electrons. The van der Waals surface area contributed by atoms with Gasteiger partial charge in [0, 0.05) is 32.5 Å². The molecule has 1 N–H and O–H groups in total. The number of unbranched alkanes of at least 4 members (excludes halogenated alkanes) is 1. The van der Waals surface area contributed by atoms with Crippen LogP contribution in [0.1, 0.15) is 43.5 Å². The Kier molecular flexibility index (Phi) is 6.19. The second-order valence-corrected chi connectivity index (χ2v) is 4.43. The standard InChI is InChI=1S/C14H23N3O/c1-4-6-10-17(3)14(18)12-11-15-9-7-13(12)16-8-5-2/h7,9,11H,4-6,8,10H2,1-3H3,(H,15,16). The van der Waals surface area contributed by atoms with E-state index in [1.165, 1.54) is 0 Å². The molecule has 0 saturated carbocycles. The molecule has 0 aliphatic carbocycles. The Morgan fingerprint density at radius 2 is 2.17 bits per heavy atom. The number of carbonyl (C=O) groups is 1. The number of anilines is 1. The molecule has 0 fully saturated rings. The second-order valence-electron chi connectivity index (χ2n) is 4.43. The molecule has 1 amide bonds. The highest BCUT2D eigenvalue weighted by Gasteiger charge is 2.15. The summed E-state index contributed by atoms with van der Waals surface area (Å²) in [4.78, 5) is 18.1. The van der Waals surface area contributed by atoms with E-state index >= 15 is 0 Å². The number of hydrogen-bond acceptors (Lipinski definition) is 3. The van der Waals surface area contributed by atoms with Crippen molar-refractivity contribution in [1.29, 1.82) is 0 Å². The van der Waals surface area contributed by atoms with E-state index < -0.39 is 0 Å². The maximum absolute atomic E-state index is 12.3. The van der Waals surface area contributed by atoms with Gasteiger partial charge in [-0.25, -0.2) is 0 Å². The van der Waals surface area contributed by atoms with Crippen LogP contribution in [0.15, 0.2) is 18.5 Å². The molecule has 1 aromatic heterocycles. The number of rotatable bonds is 7. The van der Waals surface area contributed by atoms with E-state index in [4.69, 9.17) is 0 Å². The highest BCUT2D eigenvalue weighted by molar-refractivity contribution is 5.99. The molecule has 0 aromatic carbocycles. The molecule has 1 aromatic rings. The Balaban J connectivity index is 2.77. The van der Waals surface area contributed by atoms with Crippen LogP contribution in [0.2, 0.25) is 0 Å². The van der Waals surface area contributed by atoms with E-state index in [1.807, 2.05) is 13.1 Å². The van der Waals surface area contributed by atoms with Crippen molar-refractivity contribution in [3.63, 3.8) is 0 Å². The molecule has 0 bridgehead atoms. The van der Waals surface area contributed by atoms with Gasteiger partial charge >= 0.3 is 0 Å². The fraction of sp³-hybridized carbons (Fsp3) is 0.571. The summed E-state index contributed by atoms with van der Waals surface area (Å²) in [5.74, 6) is 0.0372. The number of nitrogens with one attached hydrogen (secondary N) is 1. The monoisotopic (exact) mass is 249 g/mol. The minimum Gasteiger partial charge on any atom is -0.384 e. The Morgan fingerprint density at radius 1 is 1.39 bits per heavy atom. The quantitative estimate of drug-likeness (QED) is 0.808. The predicted molar refractivity (Wildman–Crippen MR) is 74.9 cm³/mol. The number of pyridine rings is 1. The first-order valence-electron chi connectivity index (χ1n) is 6.64. The van der Waals surface area contributed by atoms with Crippen LogP contribution in [0.25, 0.3) is 0 Å². The van der Waals surface area contributed by atoms with Crippen LogP contribution in [0.4, 0.5) is 5.69 Å². The van der Waals surface area contributed by atoms with Crippen molar-refractivity contribution in [2.45, 2.75) is 33.1 Å². The first-order chi connectivity index (χ1) is 8.70. The molecular weight excluding hydrogens is 226 g/mol. The van der Waals surface area contributed by atoms with Crippen molar-refractivity contribution < 1.29 is 4.79 Å². The van der Waals surface area contributed by atoms with Crippen molar-refractivity contribution in [3.8, 4) is 0 Å². The van der Waals surface area contributed by atoms with Gasteiger partial charge in [-0.3, -0.25) is 9.78 Å². The van der Waals surface area contributed by atoms with Gasteiger partial charge in [0.2, 0.25) is 0 Å². The number of nitrogens with zero attached hydrogens (tertiary/aromatic N) is 2. The third kappa shape index (κ3) is 4.02. The molecule has 0 atom stereocenters. The summed E-state index contributed by atoms with van der Waals surface area (Å²) in [7, 11) is 1.84. The van der Waals surface area contributed by atoms with Gasteiger partial charge in [-0.05, 0) is 18.9 Å². The number of hydrogen-bond donors (Lipinski definition) is 1. The van der Waals surface area contributed by atoms with E-state index in [1.54, 1.807) is 17.3 Å². The Labute approximate surface area is 109 Å². The lowest BCUT2D eigenvalue weighted by molar-refractivity contribution is 0.0794. The van der Waals surface area contributed by atoms with Crippen molar-refractivity contribution in [1.82, 2.24) is 9.88 Å². The maximum atomic E-state index is 12.3. The summed E-state index contributed by atoms with van der Waals surface area (Å²) >= 11 is 0. The average molecular weight is 249 g/mol. The van der Waals surface area contributed by atoms with Gasteiger partial charge in [-0.1, -0.05) is 20.3 Å². The van der Waals surface area contributed by atoms with Crippen molar-refractivity contribution in [2.24, 2.45) is 0 Å². The van der Waals surface area contributed by atoms with Gasteiger partial charge in [-0.15, -0.1) is 0 Å². The molecule has 1 rings (SSSR count). The summed E-state index contributed by atoms with van der Waals surface area (Å²) in [6.45, 7) is 5.88.